The fourth-order valence-electron chi connectivity index (χ4n) is 8.99. The Labute approximate surface area is 227 Å². The maximum atomic E-state index is 12.0. The monoisotopic (exact) mass is 507 g/mol. The Balaban J connectivity index is 0.00000324. The minimum Gasteiger partial charge on any atom is -0.747 e. The van der Waals surface area contributed by atoms with Crippen LogP contribution in [0.3, 0.4) is 0 Å². The standard InChI is InChI=1S/C25H43NO6S.Na/c1-15(4-7-22(29)26-14-33(30,31)32)18-5-6-19-23-20(9-11-25(18,19)3)24(2)10-8-17(27)12-16(24)13-21(23)28;/h15-21,23,27-28H,4-14H2,1-3H3,(H,26,29)(H,30,31,32);/q;+1/p-1/t15?,16?,17-,18-,19?,20?,21-,23?,24+,25-;/m1./s1. The minimum absolute atomic E-state index is 0. The van der Waals surface area contributed by atoms with E-state index < -0.39 is 16.0 Å². The summed E-state index contributed by atoms with van der Waals surface area (Å²) in [6.07, 6.45) is 8.46. The largest absolute Gasteiger partial charge is 1.00 e. The van der Waals surface area contributed by atoms with Crippen LogP contribution in [0.15, 0.2) is 0 Å². The Kier molecular flexibility index (Phi) is 8.98. The topological polar surface area (TPSA) is 127 Å². The molecule has 0 bridgehead atoms. The van der Waals surface area contributed by atoms with Crippen molar-refractivity contribution in [1.29, 1.82) is 0 Å². The summed E-state index contributed by atoms with van der Waals surface area (Å²) in [7, 11) is -4.45. The average molecular weight is 508 g/mol. The molecule has 7 nitrogen and oxygen atoms in total. The summed E-state index contributed by atoms with van der Waals surface area (Å²) in [5.74, 6) is 1.31. The van der Waals surface area contributed by atoms with Gasteiger partial charge >= 0.3 is 29.6 Å². The summed E-state index contributed by atoms with van der Waals surface area (Å²) in [5.41, 5.74) is 0.363. The maximum Gasteiger partial charge on any atom is 1.00 e. The van der Waals surface area contributed by atoms with E-state index in [4.69, 9.17) is 0 Å². The van der Waals surface area contributed by atoms with Crippen LogP contribution in [-0.2, 0) is 14.9 Å². The van der Waals surface area contributed by atoms with Gasteiger partial charge in [0.25, 0.3) is 0 Å². The summed E-state index contributed by atoms with van der Waals surface area (Å²) in [4.78, 5) is 12.0. The zero-order valence-electron chi connectivity index (χ0n) is 21.3. The van der Waals surface area contributed by atoms with E-state index in [9.17, 15) is 28.0 Å². The molecule has 1 amide bonds. The molecule has 34 heavy (non-hydrogen) atoms. The van der Waals surface area contributed by atoms with Crippen molar-refractivity contribution in [3.8, 4) is 0 Å². The molecule has 4 fully saturated rings. The Morgan fingerprint density at radius 3 is 2.38 bits per heavy atom. The van der Waals surface area contributed by atoms with Gasteiger partial charge in [0, 0.05) is 6.42 Å². The van der Waals surface area contributed by atoms with Crippen LogP contribution < -0.4 is 34.9 Å². The van der Waals surface area contributed by atoms with Gasteiger partial charge in [0.15, 0.2) is 0 Å². The van der Waals surface area contributed by atoms with E-state index in [0.29, 0.717) is 41.9 Å². The second-order valence-electron chi connectivity index (χ2n) is 12.3. The molecular weight excluding hydrogens is 465 g/mol. The van der Waals surface area contributed by atoms with Gasteiger partial charge in [-0.1, -0.05) is 20.8 Å². The van der Waals surface area contributed by atoms with Crippen molar-refractivity contribution in [2.24, 2.45) is 46.3 Å². The molecule has 4 saturated carbocycles. The van der Waals surface area contributed by atoms with Crippen molar-refractivity contribution in [3.63, 3.8) is 0 Å². The van der Waals surface area contributed by atoms with E-state index >= 15 is 0 Å². The number of hydrogen-bond donors (Lipinski definition) is 3. The average Bonchev–Trinajstić information content (AvgIpc) is 3.08. The smallest absolute Gasteiger partial charge is 0.747 e. The van der Waals surface area contributed by atoms with Crippen molar-refractivity contribution in [2.75, 3.05) is 5.88 Å². The number of amides is 1. The van der Waals surface area contributed by atoms with Gasteiger partial charge in [-0.25, -0.2) is 8.42 Å². The van der Waals surface area contributed by atoms with Crippen LogP contribution in [0.1, 0.15) is 85.0 Å². The Morgan fingerprint density at radius 2 is 1.71 bits per heavy atom. The van der Waals surface area contributed by atoms with Crippen LogP contribution in [0.5, 0.6) is 0 Å². The molecule has 4 aliphatic rings. The summed E-state index contributed by atoms with van der Waals surface area (Å²) in [5, 5.41) is 23.8. The Hall–Kier alpha value is 0.300. The molecule has 0 radical (unpaired) electrons. The summed E-state index contributed by atoms with van der Waals surface area (Å²) in [6, 6.07) is 0. The number of carbonyl (C=O) groups is 1. The number of rotatable bonds is 6. The SMILES string of the molecule is CC(CCC(=O)NCS(=O)(=O)[O-])[C@H]1CCC2C3C(CC[C@@]21C)[C@@]1(C)CC[C@@H](O)CC1C[C@H]3O.[Na+]. The first-order valence-electron chi connectivity index (χ1n) is 12.9. The number of aliphatic hydroxyl groups excluding tert-OH is 2. The maximum absolute atomic E-state index is 12.0. The molecule has 0 spiro atoms. The van der Waals surface area contributed by atoms with Gasteiger partial charge in [-0.2, -0.15) is 0 Å². The van der Waals surface area contributed by atoms with Crippen molar-refractivity contribution >= 4 is 16.0 Å². The van der Waals surface area contributed by atoms with E-state index in [-0.39, 0.29) is 64.9 Å². The van der Waals surface area contributed by atoms with Crippen molar-refractivity contribution in [3.05, 3.63) is 0 Å². The van der Waals surface area contributed by atoms with Crippen LogP contribution >= 0.6 is 0 Å². The molecule has 0 aromatic carbocycles. The normalized spacial score (nSPS) is 44.7. The number of carbonyl (C=O) groups excluding carboxylic acids is 1. The predicted octanol–water partition coefficient (Wildman–Crippen LogP) is 0.0162. The van der Waals surface area contributed by atoms with Crippen LogP contribution in [0.2, 0.25) is 0 Å². The third-order valence-electron chi connectivity index (χ3n) is 10.7. The van der Waals surface area contributed by atoms with E-state index in [1.807, 2.05) is 0 Å². The van der Waals surface area contributed by atoms with E-state index in [1.165, 1.54) is 0 Å². The van der Waals surface area contributed by atoms with E-state index in [1.54, 1.807) is 0 Å². The van der Waals surface area contributed by atoms with Crippen LogP contribution in [0, 0.1) is 46.3 Å². The first-order valence-corrected chi connectivity index (χ1v) is 14.5. The van der Waals surface area contributed by atoms with Gasteiger partial charge in [0.05, 0.1) is 12.2 Å². The van der Waals surface area contributed by atoms with Crippen molar-refractivity contribution < 1.29 is 57.5 Å². The third kappa shape index (κ3) is 5.44. The summed E-state index contributed by atoms with van der Waals surface area (Å²) in [6.45, 7) is 7.02. The van der Waals surface area contributed by atoms with Gasteiger partial charge in [0.2, 0.25) is 5.91 Å². The molecule has 5 unspecified atom stereocenters. The molecule has 4 aliphatic carbocycles. The summed E-state index contributed by atoms with van der Waals surface area (Å²) < 4.78 is 32.2. The van der Waals surface area contributed by atoms with Gasteiger partial charge in [-0.05, 0) is 104 Å². The predicted molar refractivity (Wildman–Crippen MR) is 124 cm³/mol. The van der Waals surface area contributed by atoms with Gasteiger partial charge in [-0.3, -0.25) is 4.79 Å². The van der Waals surface area contributed by atoms with Crippen molar-refractivity contribution in [2.45, 2.75) is 97.2 Å². The molecule has 10 atom stereocenters. The van der Waals surface area contributed by atoms with Gasteiger partial charge in [0.1, 0.15) is 16.0 Å². The molecule has 9 heteroatoms. The van der Waals surface area contributed by atoms with E-state index in [0.717, 1.165) is 51.4 Å². The molecule has 0 heterocycles. The Morgan fingerprint density at radius 1 is 1.06 bits per heavy atom. The molecule has 0 aromatic rings. The number of hydrogen-bond acceptors (Lipinski definition) is 6. The van der Waals surface area contributed by atoms with Crippen LogP contribution in [0.4, 0.5) is 0 Å². The van der Waals surface area contributed by atoms with E-state index in [2.05, 4.69) is 26.1 Å². The first kappa shape index (κ1) is 28.9. The molecule has 0 saturated heterocycles. The summed E-state index contributed by atoms with van der Waals surface area (Å²) >= 11 is 0. The second kappa shape index (κ2) is 10.6. The number of aliphatic hydroxyl groups is 2. The zero-order chi connectivity index (χ0) is 24.2. The molecule has 0 aliphatic heterocycles. The van der Waals surface area contributed by atoms with Crippen LogP contribution in [0.25, 0.3) is 0 Å². The number of nitrogens with one attached hydrogen (secondary N) is 1. The van der Waals surface area contributed by atoms with Gasteiger partial charge in [-0.15, -0.1) is 0 Å². The molecule has 190 valence electrons. The van der Waals surface area contributed by atoms with Crippen molar-refractivity contribution in [1.82, 2.24) is 5.32 Å². The number of fused-ring (bicyclic) bond motifs is 5. The molecule has 3 N–H and O–H groups in total. The minimum atomic E-state index is -4.45. The molecule has 0 aromatic heterocycles. The fourth-order valence-corrected chi connectivity index (χ4v) is 9.33. The zero-order valence-corrected chi connectivity index (χ0v) is 24.1. The molecular formula is C25H42NNaO6S. The Bertz CT molecular complexity index is 854. The first-order chi connectivity index (χ1) is 15.3. The quantitative estimate of drug-likeness (QED) is 0.344. The molecule has 4 rings (SSSR count). The second-order valence-corrected chi connectivity index (χ2v) is 13.7. The fraction of sp³-hybridized carbons (Fsp3) is 0.960. The van der Waals surface area contributed by atoms with Gasteiger partial charge < -0.3 is 20.1 Å². The van der Waals surface area contributed by atoms with Crippen LogP contribution in [-0.4, -0.2) is 47.2 Å². The third-order valence-corrected chi connectivity index (χ3v) is 11.2.